The van der Waals surface area contributed by atoms with Gasteiger partial charge in [-0.15, -0.1) is 0 Å². The van der Waals surface area contributed by atoms with Crippen LogP contribution in [0.4, 0.5) is 9.18 Å². The summed E-state index contributed by atoms with van der Waals surface area (Å²) in [5, 5.41) is 0. The van der Waals surface area contributed by atoms with Crippen molar-refractivity contribution in [2.24, 2.45) is 5.41 Å². The van der Waals surface area contributed by atoms with Gasteiger partial charge in [-0.3, -0.25) is 4.79 Å². The Morgan fingerprint density at radius 1 is 1.08 bits per heavy atom. The standard InChI is InChI=1S/C20H30FNO3/c1-14(19(2,3)4)22(18(24)25-20(5,6)7)13-12-17(23)15-8-10-16(21)11-9-15/h8-11,14H,12-13H2,1-7H3/t14-/m0/s1. The van der Waals surface area contributed by atoms with E-state index in [2.05, 4.69) is 0 Å². The van der Waals surface area contributed by atoms with Gasteiger partial charge in [-0.1, -0.05) is 20.8 Å². The molecule has 0 spiro atoms. The van der Waals surface area contributed by atoms with Crippen LogP contribution in [0.2, 0.25) is 0 Å². The normalized spacial score (nSPS) is 13.3. The van der Waals surface area contributed by atoms with Gasteiger partial charge in [0.05, 0.1) is 0 Å². The lowest BCUT2D eigenvalue weighted by Crippen LogP contribution is -2.48. The zero-order valence-corrected chi connectivity index (χ0v) is 16.4. The second-order valence-electron chi connectivity index (χ2n) is 8.40. The molecule has 25 heavy (non-hydrogen) atoms. The van der Waals surface area contributed by atoms with E-state index in [0.29, 0.717) is 5.56 Å². The maximum atomic E-state index is 13.0. The number of halogens is 1. The molecule has 1 atom stereocenters. The highest BCUT2D eigenvalue weighted by molar-refractivity contribution is 5.96. The smallest absolute Gasteiger partial charge is 0.410 e. The Hall–Kier alpha value is -1.91. The summed E-state index contributed by atoms with van der Waals surface area (Å²) in [6, 6.07) is 5.34. The molecular weight excluding hydrogens is 321 g/mol. The van der Waals surface area contributed by atoms with Crippen LogP contribution in [-0.2, 0) is 4.74 Å². The van der Waals surface area contributed by atoms with E-state index < -0.39 is 11.7 Å². The van der Waals surface area contributed by atoms with Gasteiger partial charge >= 0.3 is 6.09 Å². The fourth-order valence-corrected chi connectivity index (χ4v) is 2.23. The molecule has 0 aliphatic rings. The van der Waals surface area contributed by atoms with E-state index in [1.807, 2.05) is 48.5 Å². The Kier molecular flexibility index (Phi) is 6.75. The number of carbonyl (C=O) groups excluding carboxylic acids is 2. The quantitative estimate of drug-likeness (QED) is 0.696. The molecule has 0 aliphatic heterocycles. The summed E-state index contributed by atoms with van der Waals surface area (Å²) in [7, 11) is 0. The van der Waals surface area contributed by atoms with E-state index in [0.717, 1.165) is 0 Å². The minimum Gasteiger partial charge on any atom is -0.444 e. The summed E-state index contributed by atoms with van der Waals surface area (Å²) in [4.78, 5) is 26.5. The molecular formula is C20H30FNO3. The number of ketones is 1. The highest BCUT2D eigenvalue weighted by Gasteiger charge is 2.32. The number of hydrogen-bond acceptors (Lipinski definition) is 3. The maximum Gasteiger partial charge on any atom is 0.410 e. The van der Waals surface area contributed by atoms with Crippen molar-refractivity contribution in [1.82, 2.24) is 4.90 Å². The third-order valence-electron chi connectivity index (χ3n) is 4.09. The molecule has 0 aromatic heterocycles. The van der Waals surface area contributed by atoms with Gasteiger partial charge in [-0.25, -0.2) is 9.18 Å². The van der Waals surface area contributed by atoms with E-state index in [9.17, 15) is 14.0 Å². The number of nitrogens with zero attached hydrogens (tertiary/aromatic N) is 1. The van der Waals surface area contributed by atoms with E-state index >= 15 is 0 Å². The van der Waals surface area contributed by atoms with Crippen molar-refractivity contribution in [2.75, 3.05) is 6.54 Å². The van der Waals surface area contributed by atoms with Gasteiger partial charge in [0.2, 0.25) is 0 Å². The molecule has 140 valence electrons. The first-order valence-corrected chi connectivity index (χ1v) is 8.59. The van der Waals surface area contributed by atoms with E-state index in [4.69, 9.17) is 4.74 Å². The Bertz CT molecular complexity index is 597. The predicted octanol–water partition coefficient (Wildman–Crippen LogP) is 5.07. The SMILES string of the molecule is C[C@H](N(CCC(=O)c1ccc(F)cc1)C(=O)OC(C)(C)C)C(C)(C)C. The molecule has 0 unspecified atom stereocenters. The van der Waals surface area contributed by atoms with Gasteiger partial charge in [0.25, 0.3) is 0 Å². The van der Waals surface area contributed by atoms with E-state index in [-0.39, 0.29) is 36.0 Å². The highest BCUT2D eigenvalue weighted by atomic mass is 19.1. The van der Waals surface area contributed by atoms with Crippen molar-refractivity contribution in [3.63, 3.8) is 0 Å². The van der Waals surface area contributed by atoms with Gasteiger partial charge in [0, 0.05) is 24.6 Å². The molecule has 4 nitrogen and oxygen atoms in total. The minimum absolute atomic E-state index is 0.108. The first-order valence-electron chi connectivity index (χ1n) is 8.59. The van der Waals surface area contributed by atoms with Crippen molar-refractivity contribution in [1.29, 1.82) is 0 Å². The molecule has 0 saturated heterocycles. The lowest BCUT2D eigenvalue weighted by atomic mass is 9.87. The van der Waals surface area contributed by atoms with Gasteiger partial charge in [-0.05, 0) is 57.4 Å². The average molecular weight is 351 g/mol. The van der Waals surface area contributed by atoms with E-state index in [1.165, 1.54) is 24.3 Å². The number of amides is 1. The molecule has 0 radical (unpaired) electrons. The van der Waals surface area contributed by atoms with E-state index in [1.54, 1.807) is 4.90 Å². The third-order valence-corrected chi connectivity index (χ3v) is 4.09. The lowest BCUT2D eigenvalue weighted by Gasteiger charge is -2.38. The highest BCUT2D eigenvalue weighted by Crippen LogP contribution is 2.26. The molecule has 5 heteroatoms. The number of hydrogen-bond donors (Lipinski definition) is 0. The van der Waals surface area contributed by atoms with Crippen LogP contribution in [0.1, 0.15) is 65.2 Å². The monoisotopic (exact) mass is 351 g/mol. The summed E-state index contributed by atoms with van der Waals surface area (Å²) >= 11 is 0. The molecule has 1 aromatic rings. The Balaban J connectivity index is 2.87. The summed E-state index contributed by atoms with van der Waals surface area (Å²) in [5.74, 6) is -0.511. The zero-order chi connectivity index (χ0) is 19.4. The second kappa shape index (κ2) is 7.98. The van der Waals surface area contributed by atoms with Crippen molar-refractivity contribution in [2.45, 2.75) is 66.5 Å². The Morgan fingerprint density at radius 2 is 1.60 bits per heavy atom. The summed E-state index contributed by atoms with van der Waals surface area (Å²) in [6.45, 7) is 13.8. The molecule has 0 aliphatic carbocycles. The molecule has 0 heterocycles. The number of rotatable bonds is 5. The zero-order valence-electron chi connectivity index (χ0n) is 16.4. The Morgan fingerprint density at radius 3 is 2.04 bits per heavy atom. The summed E-state index contributed by atoms with van der Waals surface area (Å²) in [6.07, 6.45) is -0.271. The fraction of sp³-hybridized carbons (Fsp3) is 0.600. The van der Waals surface area contributed by atoms with Crippen molar-refractivity contribution >= 4 is 11.9 Å². The molecule has 0 fully saturated rings. The molecule has 1 rings (SSSR count). The van der Waals surface area contributed by atoms with Gasteiger partial charge in [-0.2, -0.15) is 0 Å². The topological polar surface area (TPSA) is 46.6 Å². The van der Waals surface area contributed by atoms with Crippen LogP contribution in [0.25, 0.3) is 0 Å². The van der Waals surface area contributed by atoms with Crippen molar-refractivity contribution in [3.05, 3.63) is 35.6 Å². The number of carbonyl (C=O) groups is 2. The van der Waals surface area contributed by atoms with Crippen LogP contribution in [0.5, 0.6) is 0 Å². The molecule has 1 amide bonds. The molecule has 0 N–H and O–H groups in total. The summed E-state index contributed by atoms with van der Waals surface area (Å²) in [5.41, 5.74) is -0.321. The average Bonchev–Trinajstić information content (AvgIpc) is 2.44. The third kappa shape index (κ3) is 6.85. The first-order chi connectivity index (χ1) is 11.3. The molecule has 1 aromatic carbocycles. The van der Waals surface area contributed by atoms with Crippen LogP contribution in [-0.4, -0.2) is 35.0 Å². The van der Waals surface area contributed by atoms with Gasteiger partial charge in [0.1, 0.15) is 11.4 Å². The van der Waals surface area contributed by atoms with Crippen molar-refractivity contribution < 1.29 is 18.7 Å². The van der Waals surface area contributed by atoms with Gasteiger partial charge < -0.3 is 9.64 Å². The summed E-state index contributed by atoms with van der Waals surface area (Å²) < 4.78 is 18.5. The number of benzene rings is 1. The molecule has 0 saturated carbocycles. The fourth-order valence-electron chi connectivity index (χ4n) is 2.23. The van der Waals surface area contributed by atoms with Crippen LogP contribution < -0.4 is 0 Å². The largest absolute Gasteiger partial charge is 0.444 e. The predicted molar refractivity (Wildman–Crippen MR) is 97.2 cm³/mol. The number of ether oxygens (including phenoxy) is 1. The van der Waals surface area contributed by atoms with Gasteiger partial charge in [0.15, 0.2) is 5.78 Å². The first kappa shape index (κ1) is 21.1. The van der Waals surface area contributed by atoms with Crippen LogP contribution >= 0.6 is 0 Å². The Labute approximate surface area is 150 Å². The minimum atomic E-state index is -0.603. The van der Waals surface area contributed by atoms with Crippen LogP contribution in [0, 0.1) is 11.2 Å². The maximum absolute atomic E-state index is 13.0. The lowest BCUT2D eigenvalue weighted by molar-refractivity contribution is 0.00534. The second-order valence-corrected chi connectivity index (χ2v) is 8.40. The number of Topliss-reactive ketones (excluding diaryl/α,β-unsaturated/α-hetero) is 1. The van der Waals surface area contributed by atoms with Crippen molar-refractivity contribution in [3.8, 4) is 0 Å². The van der Waals surface area contributed by atoms with Crippen LogP contribution in [0.3, 0.4) is 0 Å². The van der Waals surface area contributed by atoms with Crippen LogP contribution in [0.15, 0.2) is 24.3 Å². The molecule has 0 bridgehead atoms.